The van der Waals surface area contributed by atoms with Crippen molar-refractivity contribution < 1.29 is 20.1 Å². The van der Waals surface area contributed by atoms with Crippen LogP contribution in [0.15, 0.2) is 11.3 Å². The van der Waals surface area contributed by atoms with Crippen LogP contribution >= 0.6 is 11.6 Å². The van der Waals surface area contributed by atoms with E-state index in [1.165, 1.54) is 37.0 Å². The highest BCUT2D eigenvalue weighted by atomic mass is 35.5. The fourth-order valence-electron chi connectivity index (χ4n) is 9.14. The summed E-state index contributed by atoms with van der Waals surface area (Å²) in [6, 6.07) is 0.433. The van der Waals surface area contributed by atoms with E-state index in [1.807, 2.05) is 0 Å². The first-order chi connectivity index (χ1) is 18.7. The predicted octanol–water partition coefficient (Wildman–Crippen LogP) is 4.84. The summed E-state index contributed by atoms with van der Waals surface area (Å²) in [6.07, 6.45) is 13.0. The minimum Gasteiger partial charge on any atom is -0.496 e. The van der Waals surface area contributed by atoms with E-state index < -0.39 is 11.7 Å². The first-order valence-corrected chi connectivity index (χ1v) is 16.6. The van der Waals surface area contributed by atoms with Crippen LogP contribution in [0.2, 0.25) is 0 Å². The van der Waals surface area contributed by atoms with Crippen molar-refractivity contribution >= 4 is 11.6 Å². The Hall–Kier alpha value is -0.370. The topological polar surface area (TPSA) is 85.2 Å². The van der Waals surface area contributed by atoms with Crippen LogP contribution in [-0.2, 0) is 4.74 Å². The molecule has 7 heteroatoms. The van der Waals surface area contributed by atoms with Crippen molar-refractivity contribution in [2.75, 3.05) is 39.4 Å². The molecule has 6 unspecified atom stereocenters. The number of likely N-dealkylation sites (tertiary alicyclic amines) is 1. The van der Waals surface area contributed by atoms with E-state index in [9.17, 15) is 15.3 Å². The lowest BCUT2D eigenvalue weighted by Crippen LogP contribution is -2.61. The van der Waals surface area contributed by atoms with Gasteiger partial charge < -0.3 is 30.3 Å². The SMILES string of the molecule is CC1(C)CN(CCCC2C3=C(CCC(CC(O)CO)C3)OCC3NCCCC32)CCC1(O)C1CCC(Cl)CC1. The van der Waals surface area contributed by atoms with Crippen LogP contribution in [0, 0.1) is 29.1 Å². The molecule has 1 saturated carbocycles. The van der Waals surface area contributed by atoms with Gasteiger partial charge in [-0.1, -0.05) is 13.8 Å². The largest absolute Gasteiger partial charge is 0.496 e. The van der Waals surface area contributed by atoms with Gasteiger partial charge in [0.15, 0.2) is 0 Å². The Balaban J connectivity index is 1.22. The maximum atomic E-state index is 11.9. The number of alkyl halides is 1. The number of aliphatic hydroxyl groups is 3. The van der Waals surface area contributed by atoms with E-state index in [0.717, 1.165) is 84.2 Å². The zero-order valence-electron chi connectivity index (χ0n) is 24.6. The van der Waals surface area contributed by atoms with Crippen molar-refractivity contribution in [3.05, 3.63) is 11.3 Å². The van der Waals surface area contributed by atoms with Crippen LogP contribution in [-0.4, -0.2) is 82.7 Å². The molecule has 0 aromatic rings. The minimum absolute atomic E-state index is 0.122. The number of nitrogens with zero attached hydrogens (tertiary/aromatic N) is 1. The second-order valence-electron chi connectivity index (χ2n) is 14.3. The van der Waals surface area contributed by atoms with Gasteiger partial charge in [-0.25, -0.2) is 0 Å². The summed E-state index contributed by atoms with van der Waals surface area (Å²) < 4.78 is 6.46. The number of halogens is 1. The third kappa shape index (κ3) is 6.67. The lowest BCUT2D eigenvalue weighted by atomic mass is 9.60. The standard InChI is InChI=1S/C32H55ClN2O4/c1-31(2)21-35(16-13-32(31,38)23-8-10-24(33)11-9-23)15-4-6-26-27-5-3-14-34-29(27)20-39-30-12-7-22(18-28(26)30)17-25(37)19-36/h22-27,29,34,36-38H,3-21H2,1-2H3. The summed E-state index contributed by atoms with van der Waals surface area (Å²) in [5.74, 6) is 3.20. The molecule has 4 N–H and O–H groups in total. The van der Waals surface area contributed by atoms with Gasteiger partial charge in [0.05, 0.1) is 24.1 Å². The van der Waals surface area contributed by atoms with Crippen molar-refractivity contribution in [3.63, 3.8) is 0 Å². The van der Waals surface area contributed by atoms with Crippen molar-refractivity contribution in [1.29, 1.82) is 0 Å². The Labute approximate surface area is 241 Å². The molecule has 0 radical (unpaired) electrons. The second-order valence-corrected chi connectivity index (χ2v) is 15.0. The molecule has 3 aliphatic heterocycles. The molecule has 2 saturated heterocycles. The van der Waals surface area contributed by atoms with Crippen LogP contribution in [0.3, 0.4) is 0 Å². The highest BCUT2D eigenvalue weighted by molar-refractivity contribution is 6.20. The molecule has 0 bridgehead atoms. The van der Waals surface area contributed by atoms with E-state index in [0.29, 0.717) is 36.1 Å². The fraction of sp³-hybridized carbons (Fsp3) is 0.938. The molecule has 0 amide bonds. The molecule has 0 aromatic heterocycles. The van der Waals surface area contributed by atoms with Crippen LogP contribution in [0.5, 0.6) is 0 Å². The first kappa shape index (κ1) is 30.1. The predicted molar refractivity (Wildman–Crippen MR) is 157 cm³/mol. The van der Waals surface area contributed by atoms with E-state index >= 15 is 0 Å². The van der Waals surface area contributed by atoms with Crippen LogP contribution < -0.4 is 5.32 Å². The Bertz CT molecular complexity index is 844. The number of piperidine rings is 2. The fourth-order valence-corrected chi connectivity index (χ4v) is 9.39. The smallest absolute Gasteiger partial charge is 0.103 e. The summed E-state index contributed by atoms with van der Waals surface area (Å²) in [7, 11) is 0. The van der Waals surface area contributed by atoms with Crippen molar-refractivity contribution in [3.8, 4) is 0 Å². The molecule has 3 heterocycles. The summed E-state index contributed by atoms with van der Waals surface area (Å²) in [6.45, 7) is 9.33. The molecule has 3 fully saturated rings. The average Bonchev–Trinajstić information content (AvgIpc) is 3.07. The summed E-state index contributed by atoms with van der Waals surface area (Å²) in [5.41, 5.74) is 0.815. The number of nitrogens with one attached hydrogen (secondary N) is 1. The average molecular weight is 567 g/mol. The zero-order chi connectivity index (χ0) is 27.6. The summed E-state index contributed by atoms with van der Waals surface area (Å²) in [5, 5.41) is 35.5. The van der Waals surface area contributed by atoms with Gasteiger partial charge in [-0.3, -0.25) is 0 Å². The Morgan fingerprint density at radius 3 is 2.69 bits per heavy atom. The van der Waals surface area contributed by atoms with E-state index in [4.69, 9.17) is 16.3 Å². The van der Waals surface area contributed by atoms with Gasteiger partial charge in [0.1, 0.15) is 6.61 Å². The van der Waals surface area contributed by atoms with Gasteiger partial charge in [0, 0.05) is 36.3 Å². The molecule has 2 aliphatic carbocycles. The Kier molecular flexibility index (Phi) is 9.93. The molecule has 6 atom stereocenters. The van der Waals surface area contributed by atoms with Crippen molar-refractivity contribution in [1.82, 2.24) is 10.2 Å². The first-order valence-electron chi connectivity index (χ1n) is 16.2. The van der Waals surface area contributed by atoms with Gasteiger partial charge in [0.2, 0.25) is 0 Å². The maximum absolute atomic E-state index is 11.9. The quantitative estimate of drug-likeness (QED) is 0.315. The molecule has 0 spiro atoms. The highest BCUT2D eigenvalue weighted by Gasteiger charge is 2.52. The van der Waals surface area contributed by atoms with Gasteiger partial charge in [0.25, 0.3) is 0 Å². The van der Waals surface area contributed by atoms with Crippen LogP contribution in [0.1, 0.15) is 97.3 Å². The maximum Gasteiger partial charge on any atom is 0.103 e. The summed E-state index contributed by atoms with van der Waals surface area (Å²) in [4.78, 5) is 2.61. The number of hydrogen-bond acceptors (Lipinski definition) is 6. The Morgan fingerprint density at radius 1 is 1.15 bits per heavy atom. The Morgan fingerprint density at radius 2 is 1.95 bits per heavy atom. The molecule has 6 nitrogen and oxygen atoms in total. The third-order valence-electron chi connectivity index (χ3n) is 11.4. The summed E-state index contributed by atoms with van der Waals surface area (Å²) >= 11 is 6.39. The molecular weight excluding hydrogens is 512 g/mol. The molecular formula is C32H55ClN2O4. The molecule has 5 rings (SSSR count). The zero-order valence-corrected chi connectivity index (χ0v) is 25.3. The molecule has 224 valence electrons. The molecule has 39 heavy (non-hydrogen) atoms. The number of hydrogen-bond donors (Lipinski definition) is 4. The van der Waals surface area contributed by atoms with E-state index in [2.05, 4.69) is 24.1 Å². The van der Waals surface area contributed by atoms with E-state index in [1.54, 1.807) is 0 Å². The van der Waals surface area contributed by atoms with Gasteiger partial charge in [-0.15, -0.1) is 11.6 Å². The van der Waals surface area contributed by atoms with E-state index in [-0.39, 0.29) is 17.4 Å². The lowest BCUT2D eigenvalue weighted by molar-refractivity contribution is -0.161. The highest BCUT2D eigenvalue weighted by Crippen LogP contribution is 2.49. The number of fused-ring (bicyclic) bond motifs is 1. The number of rotatable bonds is 8. The van der Waals surface area contributed by atoms with Gasteiger partial charge >= 0.3 is 0 Å². The van der Waals surface area contributed by atoms with Crippen LogP contribution in [0.4, 0.5) is 0 Å². The number of allylic oxidation sites excluding steroid dienone is 2. The second kappa shape index (κ2) is 12.9. The molecule has 0 aromatic carbocycles. The van der Waals surface area contributed by atoms with Crippen molar-refractivity contribution in [2.45, 2.75) is 120 Å². The third-order valence-corrected chi connectivity index (χ3v) is 11.9. The van der Waals surface area contributed by atoms with Gasteiger partial charge in [-0.05, 0) is 119 Å². The van der Waals surface area contributed by atoms with Gasteiger partial charge in [-0.2, -0.15) is 0 Å². The number of aliphatic hydroxyl groups excluding tert-OH is 2. The minimum atomic E-state index is -0.613. The normalized spacial score (nSPS) is 40.3. The monoisotopic (exact) mass is 566 g/mol. The van der Waals surface area contributed by atoms with Crippen molar-refractivity contribution in [2.24, 2.45) is 29.1 Å². The molecule has 5 aliphatic rings. The van der Waals surface area contributed by atoms with Crippen LogP contribution in [0.25, 0.3) is 0 Å². The number of ether oxygens (including phenoxy) is 1. The lowest BCUT2D eigenvalue weighted by Gasteiger charge is -2.55.